The highest BCUT2D eigenvalue weighted by Crippen LogP contribution is 2.28. The van der Waals surface area contributed by atoms with Crippen molar-refractivity contribution in [1.29, 1.82) is 5.26 Å². The second-order valence-electron chi connectivity index (χ2n) is 7.61. The molecule has 0 unspecified atom stereocenters. The zero-order chi connectivity index (χ0) is 18.0. The van der Waals surface area contributed by atoms with Crippen LogP contribution in [0.25, 0.3) is 0 Å². The average Bonchev–Trinajstić information content (AvgIpc) is 2.44. The Balaban J connectivity index is 1.96. The number of nitrogens with one attached hydrogen (secondary N) is 3. The van der Waals surface area contributed by atoms with E-state index in [4.69, 9.17) is 5.26 Å². The van der Waals surface area contributed by atoms with E-state index in [9.17, 15) is 9.59 Å². The lowest BCUT2D eigenvalue weighted by atomic mass is 9.79. The first-order chi connectivity index (χ1) is 11.1. The minimum absolute atomic E-state index is 0.0598. The smallest absolute Gasteiger partial charge is 0.313 e. The first-order valence-corrected chi connectivity index (χ1v) is 8.02. The van der Waals surface area contributed by atoms with Gasteiger partial charge in [-0.2, -0.15) is 5.26 Å². The lowest BCUT2D eigenvalue weighted by Crippen LogP contribution is -2.62. The molecule has 0 spiro atoms. The van der Waals surface area contributed by atoms with E-state index >= 15 is 0 Å². The van der Waals surface area contributed by atoms with Crippen LogP contribution >= 0.6 is 0 Å². The van der Waals surface area contributed by atoms with Crippen LogP contribution in [-0.2, 0) is 9.59 Å². The molecule has 1 fully saturated rings. The van der Waals surface area contributed by atoms with Crippen LogP contribution in [0.1, 0.15) is 46.1 Å². The summed E-state index contributed by atoms with van der Waals surface area (Å²) >= 11 is 0. The molecule has 0 radical (unpaired) electrons. The molecular formula is C18H24N4O2. The fraction of sp³-hybridized carbons (Fsp3) is 0.500. The number of nitrogens with zero attached hydrogens (tertiary/aromatic N) is 1. The van der Waals surface area contributed by atoms with Gasteiger partial charge in [0.15, 0.2) is 0 Å². The Bertz CT molecular complexity index is 655. The summed E-state index contributed by atoms with van der Waals surface area (Å²) in [6.45, 7) is 8.35. The number of hydrogen-bond acceptors (Lipinski definition) is 4. The van der Waals surface area contributed by atoms with E-state index in [2.05, 4.69) is 43.6 Å². The SMILES string of the molecule is CC1(C)CC(NC(=O)C(=O)Nc2ccc(C#N)cc2)CC(C)(C)N1. The highest BCUT2D eigenvalue weighted by Gasteiger charge is 2.38. The van der Waals surface area contributed by atoms with E-state index in [1.807, 2.05) is 6.07 Å². The molecule has 2 rings (SSSR count). The molecule has 1 heterocycles. The van der Waals surface area contributed by atoms with Crippen molar-refractivity contribution >= 4 is 17.5 Å². The third kappa shape index (κ3) is 4.80. The molecule has 0 aromatic heterocycles. The van der Waals surface area contributed by atoms with Crippen molar-refractivity contribution in [3.8, 4) is 6.07 Å². The molecule has 1 saturated heterocycles. The van der Waals surface area contributed by atoms with Gasteiger partial charge >= 0.3 is 11.8 Å². The number of piperidine rings is 1. The molecule has 1 aromatic rings. The third-order valence-electron chi connectivity index (χ3n) is 4.00. The van der Waals surface area contributed by atoms with Crippen molar-refractivity contribution in [3.05, 3.63) is 29.8 Å². The Morgan fingerprint density at radius 2 is 1.62 bits per heavy atom. The van der Waals surface area contributed by atoms with Gasteiger partial charge in [0.2, 0.25) is 0 Å². The van der Waals surface area contributed by atoms with Gasteiger partial charge in [-0.25, -0.2) is 0 Å². The molecule has 1 aliphatic rings. The van der Waals surface area contributed by atoms with E-state index < -0.39 is 11.8 Å². The summed E-state index contributed by atoms with van der Waals surface area (Å²) in [6.07, 6.45) is 1.51. The molecule has 24 heavy (non-hydrogen) atoms. The minimum atomic E-state index is -0.700. The summed E-state index contributed by atoms with van der Waals surface area (Å²) in [6, 6.07) is 8.31. The summed E-state index contributed by atoms with van der Waals surface area (Å²) in [7, 11) is 0. The van der Waals surface area contributed by atoms with Crippen molar-refractivity contribution in [2.75, 3.05) is 5.32 Å². The Hall–Kier alpha value is -2.39. The van der Waals surface area contributed by atoms with Crippen molar-refractivity contribution in [2.45, 2.75) is 57.7 Å². The number of nitriles is 1. The largest absolute Gasteiger partial charge is 0.345 e. The molecule has 1 aromatic carbocycles. The highest BCUT2D eigenvalue weighted by atomic mass is 16.2. The molecular weight excluding hydrogens is 304 g/mol. The van der Waals surface area contributed by atoms with Gasteiger partial charge in [0, 0.05) is 22.8 Å². The summed E-state index contributed by atoms with van der Waals surface area (Å²) in [4.78, 5) is 24.2. The fourth-order valence-corrected chi connectivity index (χ4v) is 3.49. The summed E-state index contributed by atoms with van der Waals surface area (Å²) < 4.78 is 0. The topological polar surface area (TPSA) is 94.0 Å². The van der Waals surface area contributed by atoms with Gasteiger partial charge in [-0.15, -0.1) is 0 Å². The molecule has 6 heteroatoms. The van der Waals surface area contributed by atoms with Gasteiger partial charge in [0.05, 0.1) is 11.6 Å². The molecule has 128 valence electrons. The van der Waals surface area contributed by atoms with Crippen LogP contribution < -0.4 is 16.0 Å². The maximum atomic E-state index is 12.2. The van der Waals surface area contributed by atoms with Crippen LogP contribution in [0.2, 0.25) is 0 Å². The molecule has 6 nitrogen and oxygen atoms in total. The number of anilines is 1. The fourth-order valence-electron chi connectivity index (χ4n) is 3.49. The van der Waals surface area contributed by atoms with E-state index in [1.165, 1.54) is 0 Å². The zero-order valence-electron chi connectivity index (χ0n) is 14.6. The van der Waals surface area contributed by atoms with Crippen LogP contribution in [0.5, 0.6) is 0 Å². The van der Waals surface area contributed by atoms with Crippen LogP contribution in [0.15, 0.2) is 24.3 Å². The Morgan fingerprint density at radius 3 is 2.12 bits per heavy atom. The number of carbonyl (C=O) groups is 2. The summed E-state index contributed by atoms with van der Waals surface area (Å²) in [5, 5.41) is 17.7. The first kappa shape index (κ1) is 18.0. The van der Waals surface area contributed by atoms with Gasteiger partial charge in [-0.05, 0) is 64.8 Å². The molecule has 1 aliphatic heterocycles. The van der Waals surface area contributed by atoms with Gasteiger partial charge in [0.25, 0.3) is 0 Å². The first-order valence-electron chi connectivity index (χ1n) is 8.02. The standard InChI is InChI=1S/C18H24N4O2/c1-17(2)9-14(10-18(3,4)22-17)21-16(24)15(23)20-13-7-5-12(11-19)6-8-13/h5-8,14,22H,9-10H2,1-4H3,(H,20,23)(H,21,24). The molecule has 0 atom stereocenters. The van der Waals surface area contributed by atoms with Crippen molar-refractivity contribution in [2.24, 2.45) is 0 Å². The quantitative estimate of drug-likeness (QED) is 0.723. The summed E-state index contributed by atoms with van der Waals surface area (Å²) in [5.41, 5.74) is 0.767. The molecule has 0 aliphatic carbocycles. The molecule has 3 N–H and O–H groups in total. The molecule has 2 amide bonds. The second kappa shape index (κ2) is 6.62. The van der Waals surface area contributed by atoms with E-state index in [0.717, 1.165) is 12.8 Å². The normalized spacial score (nSPS) is 19.1. The number of carbonyl (C=O) groups excluding carboxylic acids is 2. The Morgan fingerprint density at radius 1 is 1.08 bits per heavy atom. The van der Waals surface area contributed by atoms with Gasteiger partial charge in [-0.3, -0.25) is 9.59 Å². The predicted octanol–water partition coefficient (Wildman–Crippen LogP) is 1.92. The highest BCUT2D eigenvalue weighted by molar-refractivity contribution is 6.39. The van der Waals surface area contributed by atoms with E-state index in [0.29, 0.717) is 11.3 Å². The monoisotopic (exact) mass is 328 g/mol. The van der Waals surface area contributed by atoms with Crippen molar-refractivity contribution < 1.29 is 9.59 Å². The number of benzene rings is 1. The van der Waals surface area contributed by atoms with Crippen molar-refractivity contribution in [3.63, 3.8) is 0 Å². The Kier molecular flexibility index (Phi) is 4.95. The van der Waals surface area contributed by atoms with E-state index in [1.54, 1.807) is 24.3 Å². The van der Waals surface area contributed by atoms with Gasteiger partial charge in [0.1, 0.15) is 0 Å². The number of amides is 2. The Labute approximate surface area is 142 Å². The van der Waals surface area contributed by atoms with Crippen LogP contribution in [0, 0.1) is 11.3 Å². The maximum absolute atomic E-state index is 12.2. The third-order valence-corrected chi connectivity index (χ3v) is 4.00. The molecule has 0 bridgehead atoms. The maximum Gasteiger partial charge on any atom is 0.313 e. The molecule has 0 saturated carbocycles. The van der Waals surface area contributed by atoms with Gasteiger partial charge in [-0.1, -0.05) is 0 Å². The van der Waals surface area contributed by atoms with Gasteiger partial charge < -0.3 is 16.0 Å². The predicted molar refractivity (Wildman–Crippen MR) is 92.2 cm³/mol. The lowest BCUT2D eigenvalue weighted by molar-refractivity contribution is -0.137. The second-order valence-corrected chi connectivity index (χ2v) is 7.61. The zero-order valence-corrected chi connectivity index (χ0v) is 14.6. The lowest BCUT2D eigenvalue weighted by Gasteiger charge is -2.46. The summed E-state index contributed by atoms with van der Waals surface area (Å²) in [5.74, 6) is -1.34. The average molecular weight is 328 g/mol. The van der Waals surface area contributed by atoms with E-state index in [-0.39, 0.29) is 17.1 Å². The number of hydrogen-bond donors (Lipinski definition) is 3. The number of rotatable bonds is 2. The van der Waals surface area contributed by atoms with Crippen LogP contribution in [-0.4, -0.2) is 28.9 Å². The van der Waals surface area contributed by atoms with Crippen molar-refractivity contribution in [1.82, 2.24) is 10.6 Å². The minimum Gasteiger partial charge on any atom is -0.345 e. The van der Waals surface area contributed by atoms with Crippen LogP contribution in [0.3, 0.4) is 0 Å². The van der Waals surface area contributed by atoms with Crippen LogP contribution in [0.4, 0.5) is 5.69 Å².